The van der Waals surface area contributed by atoms with Crippen LogP contribution in [0.2, 0.25) is 0 Å². The summed E-state index contributed by atoms with van der Waals surface area (Å²) in [7, 11) is -3.90. The predicted octanol–water partition coefficient (Wildman–Crippen LogP) is 4.23. The van der Waals surface area contributed by atoms with Gasteiger partial charge in [-0.2, -0.15) is 13.5 Å². The van der Waals surface area contributed by atoms with Gasteiger partial charge in [0.25, 0.3) is 10.0 Å². The van der Waals surface area contributed by atoms with Crippen LogP contribution in [0.4, 0.5) is 0 Å². The standard InChI is InChI=1S/C23H24N4O4S2/c1-23(11-9-21(28)29)10-2-4-20(16-23)27(33(30,31)22-24-13-15-32-22)17-18-5-7-19(8-6-18)26-14-3-12-25-26/h2-8,12-16H,9-11,17H2,1H3,(H,28,29)/t23-/m0/s1. The van der Waals surface area contributed by atoms with Gasteiger partial charge < -0.3 is 5.11 Å². The molecule has 0 spiro atoms. The number of rotatable bonds is 9. The van der Waals surface area contributed by atoms with Crippen molar-refractivity contribution in [3.63, 3.8) is 0 Å². The Kier molecular flexibility index (Phi) is 6.48. The summed E-state index contributed by atoms with van der Waals surface area (Å²) in [6, 6.07) is 9.35. The normalized spacial score (nSPS) is 18.2. The van der Waals surface area contributed by atoms with Gasteiger partial charge in [-0.25, -0.2) is 9.67 Å². The third kappa shape index (κ3) is 5.23. The highest BCUT2D eigenvalue weighted by Crippen LogP contribution is 2.37. The second-order valence-corrected chi connectivity index (χ2v) is 11.1. The number of sulfonamides is 1. The summed E-state index contributed by atoms with van der Waals surface area (Å²) in [5, 5.41) is 15.0. The van der Waals surface area contributed by atoms with Crippen molar-refractivity contribution in [1.82, 2.24) is 19.1 Å². The van der Waals surface area contributed by atoms with Gasteiger partial charge in [0, 0.05) is 36.1 Å². The molecule has 0 saturated heterocycles. The first-order chi connectivity index (χ1) is 15.8. The predicted molar refractivity (Wildman–Crippen MR) is 125 cm³/mol. The van der Waals surface area contributed by atoms with Gasteiger partial charge in [0.1, 0.15) is 0 Å². The molecule has 3 aromatic rings. The van der Waals surface area contributed by atoms with E-state index in [4.69, 9.17) is 5.11 Å². The first-order valence-electron chi connectivity index (χ1n) is 10.4. The van der Waals surface area contributed by atoms with E-state index >= 15 is 0 Å². The maximum absolute atomic E-state index is 13.5. The Bertz CT molecular complexity index is 1260. The van der Waals surface area contributed by atoms with Crippen LogP contribution in [0.15, 0.2) is 82.6 Å². The van der Waals surface area contributed by atoms with Gasteiger partial charge in [0.2, 0.25) is 4.34 Å². The lowest BCUT2D eigenvalue weighted by atomic mass is 9.79. The summed E-state index contributed by atoms with van der Waals surface area (Å²) >= 11 is 1.07. The highest BCUT2D eigenvalue weighted by Gasteiger charge is 2.32. The Hall–Kier alpha value is -3.24. The van der Waals surface area contributed by atoms with Crippen molar-refractivity contribution in [2.45, 2.75) is 37.1 Å². The Balaban J connectivity index is 1.68. The molecule has 0 saturated carbocycles. The molecule has 1 N–H and O–H groups in total. The number of carboxylic acids is 1. The molecule has 8 nitrogen and oxygen atoms in total. The lowest BCUT2D eigenvalue weighted by Crippen LogP contribution is -2.32. The number of hydrogen-bond acceptors (Lipinski definition) is 6. The summed E-state index contributed by atoms with van der Waals surface area (Å²) < 4.78 is 30.1. The Labute approximate surface area is 196 Å². The molecule has 0 unspecified atom stereocenters. The van der Waals surface area contributed by atoms with Gasteiger partial charge in [-0.15, -0.1) is 11.3 Å². The van der Waals surface area contributed by atoms with Crippen LogP contribution in [0.5, 0.6) is 0 Å². The number of carbonyl (C=O) groups is 1. The van der Waals surface area contributed by atoms with Crippen LogP contribution >= 0.6 is 11.3 Å². The number of thiazole rings is 1. The van der Waals surface area contributed by atoms with Crippen molar-refractivity contribution in [3.8, 4) is 5.69 Å². The van der Waals surface area contributed by atoms with E-state index in [1.165, 1.54) is 10.5 Å². The molecule has 33 heavy (non-hydrogen) atoms. The Morgan fingerprint density at radius 2 is 2.06 bits per heavy atom. The van der Waals surface area contributed by atoms with Crippen molar-refractivity contribution >= 4 is 27.3 Å². The Morgan fingerprint density at radius 3 is 2.70 bits per heavy atom. The summed E-state index contributed by atoms with van der Waals surface area (Å²) in [5.41, 5.74) is 1.73. The summed E-state index contributed by atoms with van der Waals surface area (Å²) in [6.45, 7) is 2.07. The Morgan fingerprint density at radius 1 is 1.27 bits per heavy atom. The molecule has 1 aliphatic carbocycles. The van der Waals surface area contributed by atoms with Crippen LogP contribution in [0.1, 0.15) is 31.7 Å². The van der Waals surface area contributed by atoms with Crippen molar-refractivity contribution in [3.05, 3.63) is 83.8 Å². The minimum atomic E-state index is -3.90. The zero-order chi connectivity index (χ0) is 23.5. The molecule has 1 aliphatic rings. The van der Waals surface area contributed by atoms with Gasteiger partial charge in [-0.05, 0) is 48.1 Å². The molecule has 0 radical (unpaired) electrons. The number of benzene rings is 1. The molecular formula is C23H24N4O4S2. The number of aliphatic carboxylic acids is 1. The van der Waals surface area contributed by atoms with E-state index < -0.39 is 21.4 Å². The molecule has 4 rings (SSSR count). The number of carboxylic acid groups (broad SMARTS) is 1. The number of allylic oxidation sites excluding steroid dienone is 3. The average Bonchev–Trinajstić information content (AvgIpc) is 3.51. The van der Waals surface area contributed by atoms with Crippen molar-refractivity contribution in [2.24, 2.45) is 5.41 Å². The van der Waals surface area contributed by atoms with Gasteiger partial charge in [-0.1, -0.05) is 31.2 Å². The monoisotopic (exact) mass is 484 g/mol. The van der Waals surface area contributed by atoms with E-state index in [1.807, 2.05) is 55.6 Å². The summed E-state index contributed by atoms with van der Waals surface area (Å²) in [4.78, 5) is 15.1. The van der Waals surface area contributed by atoms with Crippen LogP contribution in [0.25, 0.3) is 5.69 Å². The molecule has 2 aromatic heterocycles. The van der Waals surface area contributed by atoms with E-state index in [0.717, 1.165) is 22.6 Å². The van der Waals surface area contributed by atoms with E-state index in [2.05, 4.69) is 10.1 Å². The molecule has 1 atom stereocenters. The van der Waals surface area contributed by atoms with Crippen molar-refractivity contribution < 1.29 is 18.3 Å². The fraction of sp³-hybridized carbons (Fsp3) is 0.261. The largest absolute Gasteiger partial charge is 0.481 e. The lowest BCUT2D eigenvalue weighted by Gasteiger charge is -2.32. The van der Waals surface area contributed by atoms with E-state index in [1.54, 1.807) is 22.3 Å². The van der Waals surface area contributed by atoms with Crippen LogP contribution in [0.3, 0.4) is 0 Å². The second-order valence-electron chi connectivity index (χ2n) is 8.15. The highest BCUT2D eigenvalue weighted by molar-refractivity contribution is 7.91. The van der Waals surface area contributed by atoms with E-state index in [0.29, 0.717) is 18.5 Å². The topological polar surface area (TPSA) is 105 Å². The molecule has 0 aliphatic heterocycles. The smallest absolute Gasteiger partial charge is 0.303 e. The van der Waals surface area contributed by atoms with Crippen molar-refractivity contribution in [1.29, 1.82) is 0 Å². The van der Waals surface area contributed by atoms with Crippen LogP contribution in [-0.2, 0) is 21.4 Å². The third-order valence-electron chi connectivity index (χ3n) is 5.52. The average molecular weight is 485 g/mol. The van der Waals surface area contributed by atoms with Crippen molar-refractivity contribution in [2.75, 3.05) is 0 Å². The molecule has 10 heteroatoms. The quantitative estimate of drug-likeness (QED) is 0.487. The molecule has 1 aromatic carbocycles. The van der Waals surface area contributed by atoms with Gasteiger partial charge in [-0.3, -0.25) is 9.10 Å². The maximum atomic E-state index is 13.5. The second kappa shape index (κ2) is 9.32. The van der Waals surface area contributed by atoms with E-state index in [9.17, 15) is 13.2 Å². The maximum Gasteiger partial charge on any atom is 0.303 e. The molecule has 172 valence electrons. The van der Waals surface area contributed by atoms with Crippen LogP contribution < -0.4 is 0 Å². The molecule has 0 fully saturated rings. The first-order valence-corrected chi connectivity index (χ1v) is 12.7. The molecule has 2 heterocycles. The lowest BCUT2D eigenvalue weighted by molar-refractivity contribution is -0.137. The number of aromatic nitrogens is 3. The number of hydrogen-bond donors (Lipinski definition) is 1. The highest BCUT2D eigenvalue weighted by atomic mass is 32.2. The van der Waals surface area contributed by atoms with Gasteiger partial charge >= 0.3 is 5.97 Å². The van der Waals surface area contributed by atoms with E-state index in [-0.39, 0.29) is 17.3 Å². The van der Waals surface area contributed by atoms with Gasteiger partial charge in [0.15, 0.2) is 0 Å². The summed E-state index contributed by atoms with van der Waals surface area (Å²) in [5.74, 6) is -0.870. The fourth-order valence-corrected chi connectivity index (χ4v) is 6.10. The zero-order valence-electron chi connectivity index (χ0n) is 18.0. The molecule has 0 bridgehead atoms. The summed E-state index contributed by atoms with van der Waals surface area (Å²) in [6.07, 6.45) is 11.6. The number of nitrogens with zero attached hydrogens (tertiary/aromatic N) is 4. The van der Waals surface area contributed by atoms with Gasteiger partial charge in [0.05, 0.1) is 12.2 Å². The van der Waals surface area contributed by atoms with Crippen LogP contribution in [-0.4, -0.2) is 38.6 Å². The SMILES string of the molecule is C[C@]1(CCC(=O)O)C=C(N(Cc2ccc(-n3cccn3)cc2)S(=O)(=O)c2nccs2)C=CC1. The fourth-order valence-electron chi connectivity index (χ4n) is 3.72. The molecular weight excluding hydrogens is 460 g/mol. The minimum absolute atomic E-state index is 0.0161. The molecule has 0 amide bonds. The minimum Gasteiger partial charge on any atom is -0.481 e. The first kappa shape index (κ1) is 22.9. The third-order valence-corrected chi connectivity index (χ3v) is 8.47. The van der Waals surface area contributed by atoms with Crippen LogP contribution in [0, 0.1) is 5.41 Å². The zero-order valence-corrected chi connectivity index (χ0v) is 19.7.